The lowest BCUT2D eigenvalue weighted by Crippen LogP contribution is -2.36. The van der Waals surface area contributed by atoms with Crippen LogP contribution in [0, 0.1) is 0 Å². The molecule has 1 amide bonds. The van der Waals surface area contributed by atoms with Crippen molar-refractivity contribution in [3.05, 3.63) is 59.7 Å². The molecule has 0 atom stereocenters. The molecule has 0 fully saturated rings. The predicted octanol–water partition coefficient (Wildman–Crippen LogP) is 4.21. The number of ether oxygens (including phenoxy) is 1. The van der Waals surface area contributed by atoms with Gasteiger partial charge in [-0.25, -0.2) is 4.79 Å². The lowest BCUT2D eigenvalue weighted by molar-refractivity contribution is -0.140. The van der Waals surface area contributed by atoms with Crippen LogP contribution >= 0.6 is 0 Å². The Balaban J connectivity index is 2.11. The van der Waals surface area contributed by atoms with Gasteiger partial charge in [-0.15, -0.1) is 0 Å². The number of nitrogens with one attached hydrogen (secondary N) is 1. The van der Waals surface area contributed by atoms with Crippen LogP contribution in [0.1, 0.15) is 15.9 Å². The van der Waals surface area contributed by atoms with Crippen LogP contribution in [0.15, 0.2) is 48.5 Å². The van der Waals surface area contributed by atoms with Gasteiger partial charge in [0.25, 0.3) is 5.91 Å². The van der Waals surface area contributed by atoms with E-state index in [4.69, 9.17) is 4.74 Å². The van der Waals surface area contributed by atoms with Crippen molar-refractivity contribution in [2.24, 2.45) is 0 Å². The lowest BCUT2D eigenvalue weighted by Gasteiger charge is -2.12. The van der Waals surface area contributed by atoms with Crippen molar-refractivity contribution >= 4 is 11.9 Å². The van der Waals surface area contributed by atoms with Crippen molar-refractivity contribution in [1.82, 2.24) is 5.32 Å². The normalized spacial score (nSPS) is 11.8. The molecule has 0 saturated carbocycles. The number of hydrogen-bond acceptors (Lipinski definition) is 3. The van der Waals surface area contributed by atoms with Gasteiger partial charge in [0.05, 0.1) is 11.1 Å². The Hall–Kier alpha value is -3.04. The summed E-state index contributed by atoms with van der Waals surface area (Å²) in [7, 11) is 0. The molecule has 0 spiro atoms. The summed E-state index contributed by atoms with van der Waals surface area (Å²) in [5, 5.41) is 1.55. The average molecular weight is 405 g/mol. The van der Waals surface area contributed by atoms with Crippen molar-refractivity contribution < 1.29 is 40.7 Å². The predicted molar refractivity (Wildman–Crippen MR) is 86.2 cm³/mol. The molecule has 0 aliphatic heterocycles. The second kappa shape index (κ2) is 8.32. The van der Waals surface area contributed by atoms with Gasteiger partial charge in [-0.3, -0.25) is 4.79 Å². The summed E-state index contributed by atoms with van der Waals surface area (Å²) in [5.74, 6) is -2.14. The summed E-state index contributed by atoms with van der Waals surface area (Å²) in [6.07, 6.45) is -9.12. The maximum absolute atomic E-state index is 12.7. The minimum Gasteiger partial charge on any atom is -0.452 e. The van der Waals surface area contributed by atoms with Crippen molar-refractivity contribution in [1.29, 1.82) is 0 Å². The molecule has 150 valence electrons. The van der Waals surface area contributed by atoms with Gasteiger partial charge < -0.3 is 10.1 Å². The summed E-state index contributed by atoms with van der Waals surface area (Å²) < 4.78 is 78.8. The summed E-state index contributed by atoms with van der Waals surface area (Å²) >= 11 is 0. The molecule has 1 N–H and O–H groups in total. The second-order valence-corrected chi connectivity index (χ2v) is 5.59. The zero-order valence-corrected chi connectivity index (χ0v) is 14.0. The number of hydrogen-bond donors (Lipinski definition) is 1. The number of esters is 1. The van der Waals surface area contributed by atoms with E-state index in [9.17, 15) is 35.9 Å². The van der Waals surface area contributed by atoms with Gasteiger partial charge in [0, 0.05) is 0 Å². The molecule has 0 aliphatic carbocycles. The minimum atomic E-state index is -4.60. The van der Waals surface area contributed by atoms with E-state index in [1.165, 1.54) is 30.3 Å². The van der Waals surface area contributed by atoms with Gasteiger partial charge >= 0.3 is 18.3 Å². The number of carbonyl (C=O) groups is 2. The van der Waals surface area contributed by atoms with Crippen molar-refractivity contribution in [2.45, 2.75) is 12.4 Å². The van der Waals surface area contributed by atoms with Crippen LogP contribution < -0.4 is 5.32 Å². The molecule has 0 aliphatic rings. The fraction of sp³-hybridized carbons (Fsp3) is 0.222. The highest BCUT2D eigenvalue weighted by Gasteiger charge is 2.30. The number of alkyl halides is 6. The topological polar surface area (TPSA) is 55.4 Å². The third-order valence-corrected chi connectivity index (χ3v) is 3.49. The number of halogens is 6. The number of benzene rings is 2. The standard InChI is InChI=1S/C18H13F6NO3/c19-17(20,21)10-25-15(26)9-28-16(27)14-4-2-1-3-13(14)11-5-7-12(8-6-11)18(22,23)24/h1-8H,9-10H2,(H,25,26). The first-order chi connectivity index (χ1) is 13.0. The fourth-order valence-corrected chi connectivity index (χ4v) is 2.21. The smallest absolute Gasteiger partial charge is 0.416 e. The van der Waals surface area contributed by atoms with E-state index in [1.54, 1.807) is 11.4 Å². The summed E-state index contributed by atoms with van der Waals surface area (Å²) in [5.41, 5.74) is -0.373. The molecule has 0 aromatic heterocycles. The summed E-state index contributed by atoms with van der Waals surface area (Å²) in [6.45, 7) is -2.50. The van der Waals surface area contributed by atoms with Crippen LogP contribution in [0.2, 0.25) is 0 Å². The molecule has 2 rings (SSSR count). The van der Waals surface area contributed by atoms with Crippen molar-refractivity contribution in [2.75, 3.05) is 13.2 Å². The van der Waals surface area contributed by atoms with Crippen LogP contribution in [-0.2, 0) is 15.7 Å². The van der Waals surface area contributed by atoms with Crippen LogP contribution in [0.4, 0.5) is 26.3 Å². The van der Waals surface area contributed by atoms with Gasteiger partial charge in [0.15, 0.2) is 6.61 Å². The van der Waals surface area contributed by atoms with E-state index in [2.05, 4.69) is 0 Å². The van der Waals surface area contributed by atoms with Crippen molar-refractivity contribution in [3.63, 3.8) is 0 Å². The van der Waals surface area contributed by atoms with Gasteiger partial charge in [-0.1, -0.05) is 30.3 Å². The Morgan fingerprint density at radius 3 is 2.07 bits per heavy atom. The quantitative estimate of drug-likeness (QED) is 0.599. The fourth-order valence-electron chi connectivity index (χ4n) is 2.21. The molecule has 2 aromatic rings. The van der Waals surface area contributed by atoms with E-state index in [-0.39, 0.29) is 11.1 Å². The highest BCUT2D eigenvalue weighted by molar-refractivity contribution is 5.98. The Bertz CT molecular complexity index is 844. The zero-order valence-electron chi connectivity index (χ0n) is 14.0. The number of rotatable bonds is 5. The number of amides is 1. The first kappa shape index (κ1) is 21.3. The molecular weight excluding hydrogens is 392 g/mol. The Morgan fingerprint density at radius 2 is 1.50 bits per heavy atom. The SMILES string of the molecule is O=C(COC(=O)c1ccccc1-c1ccc(C(F)(F)F)cc1)NCC(F)(F)F. The Labute approximate surface area is 155 Å². The zero-order chi connectivity index (χ0) is 20.9. The second-order valence-electron chi connectivity index (χ2n) is 5.59. The van der Waals surface area contributed by atoms with E-state index in [0.29, 0.717) is 5.56 Å². The monoisotopic (exact) mass is 405 g/mol. The molecule has 0 heterocycles. The van der Waals surface area contributed by atoms with Crippen LogP contribution in [-0.4, -0.2) is 31.2 Å². The van der Waals surface area contributed by atoms with Crippen LogP contribution in [0.5, 0.6) is 0 Å². The molecule has 28 heavy (non-hydrogen) atoms. The Morgan fingerprint density at radius 1 is 0.893 bits per heavy atom. The van der Waals surface area contributed by atoms with Gasteiger partial charge in [-0.05, 0) is 29.3 Å². The Kier molecular flexibility index (Phi) is 6.32. The third kappa shape index (κ3) is 6.00. The lowest BCUT2D eigenvalue weighted by atomic mass is 9.98. The maximum atomic E-state index is 12.7. The molecule has 0 unspecified atom stereocenters. The third-order valence-electron chi connectivity index (χ3n) is 3.49. The first-order valence-electron chi connectivity index (χ1n) is 7.74. The van der Waals surface area contributed by atoms with Gasteiger partial charge in [-0.2, -0.15) is 26.3 Å². The molecule has 10 heteroatoms. The summed E-state index contributed by atoms with van der Waals surface area (Å²) in [4.78, 5) is 23.5. The molecule has 0 bridgehead atoms. The number of carbonyl (C=O) groups excluding carboxylic acids is 2. The molecule has 4 nitrogen and oxygen atoms in total. The summed E-state index contributed by atoms with van der Waals surface area (Å²) in [6, 6.07) is 9.83. The molecule has 2 aromatic carbocycles. The van der Waals surface area contributed by atoms with E-state index in [1.807, 2.05) is 0 Å². The van der Waals surface area contributed by atoms with E-state index < -0.39 is 42.9 Å². The molecular formula is C18H13F6NO3. The van der Waals surface area contributed by atoms with E-state index >= 15 is 0 Å². The van der Waals surface area contributed by atoms with Gasteiger partial charge in [0.2, 0.25) is 0 Å². The van der Waals surface area contributed by atoms with Crippen molar-refractivity contribution in [3.8, 4) is 11.1 Å². The highest BCUT2D eigenvalue weighted by Crippen LogP contribution is 2.32. The van der Waals surface area contributed by atoms with Gasteiger partial charge in [0.1, 0.15) is 6.54 Å². The molecule has 0 radical (unpaired) electrons. The largest absolute Gasteiger partial charge is 0.452 e. The maximum Gasteiger partial charge on any atom is 0.416 e. The average Bonchev–Trinajstić information content (AvgIpc) is 2.63. The highest BCUT2D eigenvalue weighted by atomic mass is 19.4. The first-order valence-corrected chi connectivity index (χ1v) is 7.74. The van der Waals surface area contributed by atoms with Crippen LogP contribution in [0.25, 0.3) is 11.1 Å². The van der Waals surface area contributed by atoms with Crippen LogP contribution in [0.3, 0.4) is 0 Å². The van der Waals surface area contributed by atoms with E-state index in [0.717, 1.165) is 12.1 Å². The molecule has 0 saturated heterocycles. The minimum absolute atomic E-state index is 0.0501.